The van der Waals surface area contributed by atoms with Crippen LogP contribution in [0.2, 0.25) is 0 Å². The second-order valence-corrected chi connectivity index (χ2v) is 9.18. The monoisotopic (exact) mass is 417 g/mol. The minimum atomic E-state index is -3.51. The van der Waals surface area contributed by atoms with Gasteiger partial charge >= 0.3 is 0 Å². The fourth-order valence-electron chi connectivity index (χ4n) is 2.62. The maximum Gasteiger partial charge on any atom is 0.296 e. The normalized spacial score (nSPS) is 11.4. The van der Waals surface area contributed by atoms with Crippen molar-refractivity contribution in [1.29, 1.82) is 0 Å². The van der Waals surface area contributed by atoms with Gasteiger partial charge < -0.3 is 0 Å². The molecular weight excluding hydrogens is 398 g/mol. The minimum Gasteiger partial charge on any atom is -0.270 e. The molecule has 0 atom stereocenters. The van der Waals surface area contributed by atoms with E-state index in [-0.39, 0.29) is 4.90 Å². The van der Waals surface area contributed by atoms with Gasteiger partial charge in [-0.05, 0) is 42.5 Å². The molecule has 0 bridgehead atoms. The Kier molecular flexibility index (Phi) is 6.16. The Morgan fingerprint density at radius 2 is 1.81 bits per heavy atom. The summed E-state index contributed by atoms with van der Waals surface area (Å²) in [5.41, 5.74) is 3.65. The molecule has 0 fully saturated rings. The van der Waals surface area contributed by atoms with Crippen LogP contribution in [0.25, 0.3) is 21.3 Å². The first-order valence-corrected chi connectivity index (χ1v) is 11.6. The molecule has 0 amide bonds. The second-order valence-electron chi connectivity index (χ2n) is 5.76. The topological polar surface area (TPSA) is 56.3 Å². The van der Waals surface area contributed by atoms with E-state index in [9.17, 15) is 8.42 Å². The van der Waals surface area contributed by atoms with Crippen LogP contribution in [-0.2, 0) is 14.3 Å². The van der Waals surface area contributed by atoms with Crippen molar-refractivity contribution in [3.63, 3.8) is 0 Å². The molecule has 4 rings (SSSR count). The number of rotatable bonds is 3. The number of hydrogen-bond donors (Lipinski definition) is 0. The zero-order valence-corrected chi connectivity index (χ0v) is 17.6. The Morgan fingerprint density at radius 1 is 1.07 bits per heavy atom. The van der Waals surface area contributed by atoms with E-state index in [1.807, 2.05) is 13.1 Å². The van der Waals surface area contributed by atoms with Crippen LogP contribution in [0, 0.1) is 6.92 Å². The van der Waals surface area contributed by atoms with Gasteiger partial charge in [0.25, 0.3) is 10.1 Å². The van der Waals surface area contributed by atoms with Crippen molar-refractivity contribution in [2.75, 3.05) is 13.4 Å². The van der Waals surface area contributed by atoms with Gasteiger partial charge in [0.05, 0.1) is 12.0 Å². The Bertz CT molecular complexity index is 1120. The molecule has 1 aliphatic carbocycles. The average molecular weight is 418 g/mol. The van der Waals surface area contributed by atoms with Crippen molar-refractivity contribution in [3.05, 3.63) is 65.7 Å². The van der Waals surface area contributed by atoms with Crippen LogP contribution in [0.1, 0.15) is 5.56 Å². The minimum absolute atomic E-state index is 0.190. The molecule has 2 aromatic rings. The fourth-order valence-corrected chi connectivity index (χ4v) is 4.86. The highest BCUT2D eigenvalue weighted by Crippen LogP contribution is 2.38. The molecule has 0 spiro atoms. The molecule has 2 heterocycles. The maximum atomic E-state index is 11.1. The van der Waals surface area contributed by atoms with E-state index in [1.54, 1.807) is 35.2 Å². The highest BCUT2D eigenvalue weighted by molar-refractivity contribution is 7.98. The van der Waals surface area contributed by atoms with E-state index in [1.165, 1.54) is 33.5 Å². The number of benzene rings is 1. The van der Waals surface area contributed by atoms with E-state index in [4.69, 9.17) is 0 Å². The highest BCUT2D eigenvalue weighted by atomic mass is 32.2. The quantitative estimate of drug-likeness (QED) is 0.328. The predicted molar refractivity (Wildman–Crippen MR) is 113 cm³/mol. The van der Waals surface area contributed by atoms with Crippen molar-refractivity contribution in [1.82, 2.24) is 4.98 Å². The Morgan fingerprint density at radius 3 is 2.48 bits per heavy atom. The van der Waals surface area contributed by atoms with Gasteiger partial charge in [0.15, 0.2) is 0 Å². The maximum absolute atomic E-state index is 11.1. The molecule has 0 saturated carbocycles. The Balaban J connectivity index is 0.000000161. The summed E-state index contributed by atoms with van der Waals surface area (Å²) in [5, 5.41) is 3.48. The zero-order chi connectivity index (χ0) is 19.4. The summed E-state index contributed by atoms with van der Waals surface area (Å²) in [6, 6.07) is 15.0. The zero-order valence-electron chi connectivity index (χ0n) is 15.2. The number of aromatic nitrogens is 1. The van der Waals surface area contributed by atoms with Gasteiger partial charge in [0, 0.05) is 21.9 Å². The molecule has 1 aromatic heterocycles. The lowest BCUT2D eigenvalue weighted by Crippen LogP contribution is -2.02. The molecule has 7 heteroatoms. The first-order chi connectivity index (χ1) is 13.0. The molecule has 0 saturated heterocycles. The summed E-state index contributed by atoms with van der Waals surface area (Å²) in [4.78, 5) is 7.05. The lowest BCUT2D eigenvalue weighted by molar-refractivity contribution is 0.398. The summed E-state index contributed by atoms with van der Waals surface area (Å²) >= 11 is 3.50. The lowest BCUT2D eigenvalue weighted by atomic mass is 10.1. The summed E-state index contributed by atoms with van der Waals surface area (Å²) in [6.45, 7) is 1.89. The Hall–Kier alpha value is -1.93. The van der Waals surface area contributed by atoms with Gasteiger partial charge in [-0.3, -0.25) is 4.18 Å². The van der Waals surface area contributed by atoms with Crippen LogP contribution in [0.5, 0.6) is 0 Å². The van der Waals surface area contributed by atoms with Crippen LogP contribution in [0.15, 0.2) is 69.9 Å². The number of pyridine rings is 1. The molecule has 2 aliphatic rings. The summed E-state index contributed by atoms with van der Waals surface area (Å²) in [6.07, 6.45) is 4.00. The number of aryl methyl sites for hydroxylation is 1. The van der Waals surface area contributed by atoms with Crippen LogP contribution in [0.4, 0.5) is 0 Å². The Labute approximate surface area is 167 Å². The van der Waals surface area contributed by atoms with Gasteiger partial charge in [-0.25, -0.2) is 4.98 Å². The van der Waals surface area contributed by atoms with E-state index >= 15 is 0 Å². The van der Waals surface area contributed by atoms with Crippen molar-refractivity contribution in [2.45, 2.75) is 16.7 Å². The van der Waals surface area contributed by atoms with E-state index in [0.29, 0.717) is 0 Å². The molecule has 4 nitrogen and oxygen atoms in total. The third-order valence-electron chi connectivity index (χ3n) is 4.04. The lowest BCUT2D eigenvalue weighted by Gasteiger charge is -2.07. The molecule has 0 N–H and O–H groups in total. The van der Waals surface area contributed by atoms with E-state index in [0.717, 1.165) is 17.5 Å². The van der Waals surface area contributed by atoms with Crippen molar-refractivity contribution in [3.8, 4) is 11.1 Å². The van der Waals surface area contributed by atoms with E-state index in [2.05, 4.69) is 45.1 Å². The standard InChI is InChI=1S/C12H9NS2.C8H10O3S/c1-14-10-5-6-13-12-11(10)9-4-2-3-8(9)7-15-12;1-7-3-5-8(6-4-7)12(9,10)11-2/h2-7H,1H3;3-6H,1-2H3. The number of hydrogen-bond acceptors (Lipinski definition) is 6. The molecule has 140 valence electrons. The average Bonchev–Trinajstić information content (AvgIpc) is 3.17. The third kappa shape index (κ3) is 4.32. The summed E-state index contributed by atoms with van der Waals surface area (Å²) < 4.78 is 26.5. The van der Waals surface area contributed by atoms with Crippen LogP contribution >= 0.6 is 23.1 Å². The van der Waals surface area contributed by atoms with Gasteiger partial charge in [0.1, 0.15) is 4.83 Å². The SMILES string of the molecule is COS(=O)(=O)c1ccc(C)cc1.CSc1ccnc2scc3cccc-3c12. The van der Waals surface area contributed by atoms with Crippen LogP contribution in [0.3, 0.4) is 0 Å². The van der Waals surface area contributed by atoms with Crippen LogP contribution < -0.4 is 0 Å². The number of thioether (sulfide) groups is 1. The smallest absolute Gasteiger partial charge is 0.270 e. The van der Waals surface area contributed by atoms with Gasteiger partial charge in [-0.2, -0.15) is 8.42 Å². The first kappa shape index (κ1) is 19.8. The number of fused-ring (bicyclic) bond motifs is 3. The largest absolute Gasteiger partial charge is 0.296 e. The van der Waals surface area contributed by atoms with E-state index < -0.39 is 10.1 Å². The molecular formula is C20H19NO3S3. The second kappa shape index (κ2) is 8.39. The fraction of sp³-hybridized carbons (Fsp3) is 0.150. The van der Waals surface area contributed by atoms with Crippen molar-refractivity contribution >= 4 is 43.4 Å². The molecule has 0 unspecified atom stereocenters. The van der Waals surface area contributed by atoms with Crippen molar-refractivity contribution in [2.24, 2.45) is 0 Å². The van der Waals surface area contributed by atoms with Crippen LogP contribution in [-0.4, -0.2) is 26.8 Å². The van der Waals surface area contributed by atoms with Gasteiger partial charge in [-0.1, -0.05) is 35.9 Å². The molecule has 27 heavy (non-hydrogen) atoms. The van der Waals surface area contributed by atoms with Gasteiger partial charge in [0.2, 0.25) is 0 Å². The molecule has 0 radical (unpaired) electrons. The van der Waals surface area contributed by atoms with Crippen molar-refractivity contribution < 1.29 is 12.6 Å². The summed E-state index contributed by atoms with van der Waals surface area (Å²) in [5.74, 6) is 0. The predicted octanol–water partition coefficient (Wildman–Crippen LogP) is 5.45. The van der Waals surface area contributed by atoms with Gasteiger partial charge in [-0.15, -0.1) is 23.1 Å². The number of nitrogens with zero attached hydrogens (tertiary/aromatic N) is 1. The highest BCUT2D eigenvalue weighted by Gasteiger charge is 2.12. The first-order valence-electron chi connectivity index (χ1n) is 8.12. The molecule has 1 aliphatic heterocycles. The molecule has 1 aromatic carbocycles. The summed E-state index contributed by atoms with van der Waals surface area (Å²) in [7, 11) is -2.37. The third-order valence-corrected chi connectivity index (χ3v) is 7.02.